The van der Waals surface area contributed by atoms with Crippen molar-refractivity contribution in [1.82, 2.24) is 0 Å². The molecule has 0 spiro atoms. The van der Waals surface area contributed by atoms with E-state index in [4.69, 9.17) is 33.2 Å². The standard InChI is InChI=1S/C25H36O8/c1-15-23(29-14-16-6-8-17(27-4)9-7-16)21(13-22(26)28-5)31-20-12-19-18(32-24(15)20)10-11-30-25(2,3)33-19/h6-9,15,18-21,23-24H,10-14H2,1-5H3/t15-,18-,19?,20?,21+,23-,24+/m1/s1. The van der Waals surface area contributed by atoms with Gasteiger partial charge in [0.2, 0.25) is 0 Å². The molecule has 3 fully saturated rings. The van der Waals surface area contributed by atoms with Crippen LogP contribution in [-0.2, 0) is 39.8 Å². The zero-order valence-electron chi connectivity index (χ0n) is 20.2. The van der Waals surface area contributed by atoms with Crippen LogP contribution in [0.3, 0.4) is 0 Å². The highest BCUT2D eigenvalue weighted by molar-refractivity contribution is 5.69. The Balaban J connectivity index is 1.49. The Morgan fingerprint density at radius 2 is 1.85 bits per heavy atom. The van der Waals surface area contributed by atoms with Gasteiger partial charge in [0.15, 0.2) is 5.79 Å². The monoisotopic (exact) mass is 464 g/mol. The normalized spacial score (nSPS) is 35.6. The van der Waals surface area contributed by atoms with E-state index in [2.05, 4.69) is 6.92 Å². The zero-order chi connectivity index (χ0) is 23.6. The van der Waals surface area contributed by atoms with Gasteiger partial charge in [0.05, 0.1) is 70.5 Å². The lowest BCUT2D eigenvalue weighted by molar-refractivity contribution is -0.297. The number of carbonyl (C=O) groups is 1. The van der Waals surface area contributed by atoms with Crippen molar-refractivity contribution in [2.75, 3.05) is 20.8 Å². The minimum Gasteiger partial charge on any atom is -0.497 e. The molecule has 8 heteroatoms. The molecule has 3 heterocycles. The highest BCUT2D eigenvalue weighted by Crippen LogP contribution is 2.41. The van der Waals surface area contributed by atoms with E-state index in [1.807, 2.05) is 38.1 Å². The van der Waals surface area contributed by atoms with Crippen molar-refractivity contribution in [3.63, 3.8) is 0 Å². The van der Waals surface area contributed by atoms with Crippen LogP contribution < -0.4 is 4.74 Å². The molecular formula is C25H36O8. The van der Waals surface area contributed by atoms with Crippen molar-refractivity contribution in [2.24, 2.45) is 5.92 Å². The molecular weight excluding hydrogens is 428 g/mol. The van der Waals surface area contributed by atoms with Gasteiger partial charge in [-0.1, -0.05) is 19.1 Å². The van der Waals surface area contributed by atoms with Crippen LogP contribution in [0.25, 0.3) is 0 Å². The van der Waals surface area contributed by atoms with E-state index < -0.39 is 11.9 Å². The molecule has 7 atom stereocenters. The van der Waals surface area contributed by atoms with Crippen molar-refractivity contribution in [3.8, 4) is 5.75 Å². The maximum atomic E-state index is 12.2. The number of hydrogen-bond donors (Lipinski definition) is 0. The van der Waals surface area contributed by atoms with Gasteiger partial charge in [0, 0.05) is 12.3 Å². The van der Waals surface area contributed by atoms with Crippen LogP contribution in [0.5, 0.6) is 5.75 Å². The predicted octanol–water partition coefficient (Wildman–Crippen LogP) is 3.25. The Labute approximate surface area is 195 Å². The molecule has 3 saturated heterocycles. The zero-order valence-corrected chi connectivity index (χ0v) is 20.2. The lowest BCUT2D eigenvalue weighted by Gasteiger charge is -2.51. The van der Waals surface area contributed by atoms with Gasteiger partial charge in [-0.05, 0) is 38.0 Å². The van der Waals surface area contributed by atoms with E-state index >= 15 is 0 Å². The topological polar surface area (TPSA) is 81.7 Å². The maximum absolute atomic E-state index is 12.2. The Morgan fingerprint density at radius 1 is 1.09 bits per heavy atom. The summed E-state index contributed by atoms with van der Waals surface area (Å²) >= 11 is 0. The summed E-state index contributed by atoms with van der Waals surface area (Å²) in [6.07, 6.45) is 0.329. The van der Waals surface area contributed by atoms with E-state index in [1.54, 1.807) is 7.11 Å². The van der Waals surface area contributed by atoms with Crippen molar-refractivity contribution < 1.29 is 38.0 Å². The molecule has 33 heavy (non-hydrogen) atoms. The van der Waals surface area contributed by atoms with Gasteiger partial charge in [-0.15, -0.1) is 0 Å². The fraction of sp³-hybridized carbons (Fsp3) is 0.720. The van der Waals surface area contributed by atoms with Crippen molar-refractivity contribution in [2.45, 2.75) is 89.1 Å². The smallest absolute Gasteiger partial charge is 0.308 e. The Kier molecular flexibility index (Phi) is 7.60. The molecule has 1 aromatic rings. The second kappa shape index (κ2) is 10.3. The molecule has 8 nitrogen and oxygen atoms in total. The summed E-state index contributed by atoms with van der Waals surface area (Å²) in [5.41, 5.74) is 1.02. The van der Waals surface area contributed by atoms with E-state index in [0.717, 1.165) is 17.7 Å². The average Bonchev–Trinajstić information content (AvgIpc) is 2.94. The third-order valence-corrected chi connectivity index (χ3v) is 6.81. The summed E-state index contributed by atoms with van der Waals surface area (Å²) in [5.74, 6) is -0.165. The number of hydrogen-bond acceptors (Lipinski definition) is 8. The summed E-state index contributed by atoms with van der Waals surface area (Å²) in [6.45, 7) is 6.95. The van der Waals surface area contributed by atoms with E-state index in [-0.39, 0.29) is 48.8 Å². The lowest BCUT2D eigenvalue weighted by atomic mass is 9.81. The van der Waals surface area contributed by atoms with Crippen LogP contribution in [0.4, 0.5) is 0 Å². The number of rotatable bonds is 6. The van der Waals surface area contributed by atoms with Crippen LogP contribution in [0.1, 0.15) is 45.6 Å². The second-order valence-corrected chi connectivity index (χ2v) is 9.54. The summed E-state index contributed by atoms with van der Waals surface area (Å²) in [6, 6.07) is 7.75. The number of benzene rings is 1. The third kappa shape index (κ3) is 5.69. The number of fused-ring (bicyclic) bond motifs is 2. The Bertz CT molecular complexity index is 794. The molecule has 1 aromatic carbocycles. The van der Waals surface area contributed by atoms with E-state index in [0.29, 0.717) is 19.6 Å². The summed E-state index contributed by atoms with van der Waals surface area (Å²) in [7, 11) is 3.03. The van der Waals surface area contributed by atoms with Crippen LogP contribution >= 0.6 is 0 Å². The SMILES string of the molecule is COC(=O)C[C@@H]1OC2CC3OC(C)(C)OCC[C@H]3O[C@H]2[C@H](C)[C@H]1OCc1ccc(OC)cc1. The quantitative estimate of drug-likeness (QED) is 0.594. The van der Waals surface area contributed by atoms with Crippen LogP contribution in [-0.4, -0.2) is 69.2 Å². The first-order valence-electron chi connectivity index (χ1n) is 11.7. The average molecular weight is 465 g/mol. The van der Waals surface area contributed by atoms with Gasteiger partial charge in [-0.2, -0.15) is 0 Å². The van der Waals surface area contributed by atoms with Crippen LogP contribution in [0.2, 0.25) is 0 Å². The van der Waals surface area contributed by atoms with Gasteiger partial charge in [0.25, 0.3) is 0 Å². The first-order valence-corrected chi connectivity index (χ1v) is 11.7. The molecule has 4 rings (SSSR count). The molecule has 3 aliphatic heterocycles. The van der Waals surface area contributed by atoms with E-state index in [1.165, 1.54) is 7.11 Å². The van der Waals surface area contributed by atoms with Gasteiger partial charge < -0.3 is 33.2 Å². The fourth-order valence-corrected chi connectivity index (χ4v) is 5.10. The lowest BCUT2D eigenvalue weighted by Crippen LogP contribution is -2.61. The van der Waals surface area contributed by atoms with Crippen LogP contribution in [0.15, 0.2) is 24.3 Å². The summed E-state index contributed by atoms with van der Waals surface area (Å²) < 4.78 is 41.5. The molecule has 0 radical (unpaired) electrons. The first kappa shape index (κ1) is 24.4. The number of ether oxygens (including phenoxy) is 7. The third-order valence-electron chi connectivity index (χ3n) is 6.81. The molecule has 0 amide bonds. The largest absolute Gasteiger partial charge is 0.497 e. The van der Waals surface area contributed by atoms with Gasteiger partial charge in [-0.3, -0.25) is 4.79 Å². The molecule has 3 aliphatic rings. The molecule has 0 aromatic heterocycles. The van der Waals surface area contributed by atoms with Crippen LogP contribution in [0, 0.1) is 5.92 Å². The maximum Gasteiger partial charge on any atom is 0.308 e. The minimum absolute atomic E-state index is 0.0230. The molecule has 0 aliphatic carbocycles. The number of methoxy groups -OCH3 is 2. The van der Waals surface area contributed by atoms with Gasteiger partial charge in [-0.25, -0.2) is 0 Å². The molecule has 0 bridgehead atoms. The van der Waals surface area contributed by atoms with Gasteiger partial charge in [0.1, 0.15) is 5.75 Å². The molecule has 2 unspecified atom stereocenters. The minimum atomic E-state index is -0.661. The molecule has 0 N–H and O–H groups in total. The van der Waals surface area contributed by atoms with Crippen molar-refractivity contribution >= 4 is 5.97 Å². The van der Waals surface area contributed by atoms with Gasteiger partial charge >= 0.3 is 5.97 Å². The second-order valence-electron chi connectivity index (χ2n) is 9.54. The molecule has 0 saturated carbocycles. The Morgan fingerprint density at radius 3 is 2.55 bits per heavy atom. The Hall–Kier alpha value is -1.71. The first-order chi connectivity index (χ1) is 15.8. The highest BCUT2D eigenvalue weighted by Gasteiger charge is 2.52. The number of esters is 1. The van der Waals surface area contributed by atoms with E-state index in [9.17, 15) is 4.79 Å². The molecule has 184 valence electrons. The highest BCUT2D eigenvalue weighted by atomic mass is 16.7. The predicted molar refractivity (Wildman–Crippen MR) is 119 cm³/mol. The van der Waals surface area contributed by atoms with Crippen molar-refractivity contribution in [3.05, 3.63) is 29.8 Å². The summed E-state index contributed by atoms with van der Waals surface area (Å²) in [4.78, 5) is 12.2. The van der Waals surface area contributed by atoms with Crippen molar-refractivity contribution in [1.29, 1.82) is 0 Å². The fourth-order valence-electron chi connectivity index (χ4n) is 5.10. The number of carbonyl (C=O) groups excluding carboxylic acids is 1. The summed E-state index contributed by atoms with van der Waals surface area (Å²) in [5, 5.41) is 0.